The summed E-state index contributed by atoms with van der Waals surface area (Å²) in [7, 11) is 0. The van der Waals surface area contributed by atoms with Crippen LogP contribution in [0.2, 0.25) is 0 Å². The lowest BCUT2D eigenvalue weighted by atomic mass is 9.27. The Bertz CT molecular complexity index is 3050. The van der Waals surface area contributed by atoms with Gasteiger partial charge in [-0.1, -0.05) is 156 Å². The predicted octanol–water partition coefficient (Wildman–Crippen LogP) is 17.4. The molecule has 4 fully saturated rings. The summed E-state index contributed by atoms with van der Waals surface area (Å²) in [6.45, 7) is 29.0. The number of nitrogens with zero attached hydrogens (tertiary/aromatic N) is 1. The van der Waals surface area contributed by atoms with E-state index in [1.807, 2.05) is 0 Å². The quantitative estimate of drug-likeness (QED) is 0.171. The highest BCUT2D eigenvalue weighted by Gasteiger charge is 2.84. The first-order chi connectivity index (χ1) is 31.1. The van der Waals surface area contributed by atoms with Gasteiger partial charge in [-0.15, -0.1) is 0 Å². The van der Waals surface area contributed by atoms with E-state index in [0.717, 1.165) is 23.7 Å². The van der Waals surface area contributed by atoms with E-state index < -0.39 is 0 Å². The molecular weight excluding hydrogens is 795 g/mol. The monoisotopic (exact) mass is 866 g/mol. The molecule has 66 heavy (non-hydrogen) atoms. The molecule has 6 aromatic rings. The lowest BCUT2D eigenvalue weighted by Crippen LogP contribution is -2.73. The molecule has 2 bridgehead atoms. The first-order valence-electron chi connectivity index (χ1n) is 25.8. The van der Waals surface area contributed by atoms with E-state index in [1.54, 1.807) is 11.1 Å². The lowest BCUT2D eigenvalue weighted by Gasteiger charge is -2.76. The maximum absolute atomic E-state index is 2.72. The van der Waals surface area contributed by atoms with E-state index >= 15 is 0 Å². The molecule has 13 rings (SSSR count). The highest BCUT2D eigenvalue weighted by Crippen LogP contribution is 2.89. The molecule has 2 spiro atoms. The molecule has 0 N–H and O–H groups in total. The fraction of sp³-hybridized carbons (Fsp3) is 0.446. The number of anilines is 3. The second kappa shape index (κ2) is 12.8. The van der Waals surface area contributed by atoms with E-state index in [9.17, 15) is 0 Å². The Kier molecular flexibility index (Phi) is 8.01. The average Bonchev–Trinajstić information content (AvgIpc) is 3.96. The van der Waals surface area contributed by atoms with Crippen LogP contribution in [0.4, 0.5) is 17.1 Å². The minimum atomic E-state index is -0.0837. The summed E-state index contributed by atoms with van der Waals surface area (Å²) in [5.41, 5.74) is 25.3. The third-order valence-corrected chi connectivity index (χ3v) is 19.9. The molecule has 0 aliphatic heterocycles. The Balaban J connectivity index is 1.01. The third kappa shape index (κ3) is 5.19. The molecule has 0 heterocycles. The van der Waals surface area contributed by atoms with Gasteiger partial charge < -0.3 is 4.90 Å². The van der Waals surface area contributed by atoms with E-state index in [0.29, 0.717) is 5.41 Å². The van der Waals surface area contributed by atoms with Gasteiger partial charge in [-0.3, -0.25) is 0 Å². The van der Waals surface area contributed by atoms with Crippen LogP contribution < -0.4 is 4.90 Å². The molecule has 336 valence electrons. The van der Waals surface area contributed by atoms with Crippen LogP contribution in [0.25, 0.3) is 33.4 Å². The first kappa shape index (κ1) is 41.3. The predicted molar refractivity (Wildman–Crippen MR) is 278 cm³/mol. The fourth-order valence-corrected chi connectivity index (χ4v) is 16.3. The van der Waals surface area contributed by atoms with Crippen molar-refractivity contribution in [3.8, 4) is 33.4 Å². The van der Waals surface area contributed by atoms with Crippen molar-refractivity contribution in [3.63, 3.8) is 0 Å². The standard InChI is InChI=1S/C65H71N/c1-59(2,3)41-29-40(30-42(32-41)60(4,5)6)39-17-21-49-50-23-19-45(35-55(50)65(54(49)31-39)57-28-38-27-43-33-58(65)64(43,57)37-38)66(46-20-24-52-56(36-46)62(9,10)26-25-61(52,7)8)44-18-22-48-47-15-13-14-16-51(47)63(11,12)53(48)34-44/h13-24,29-32,34-36,38,43,57-58H,25-28,33,37H2,1-12H3. The van der Waals surface area contributed by atoms with Gasteiger partial charge in [0.15, 0.2) is 0 Å². The molecular formula is C65H71N. The molecule has 4 saturated carbocycles. The van der Waals surface area contributed by atoms with Gasteiger partial charge in [-0.05, 0) is 210 Å². The molecule has 6 atom stereocenters. The maximum atomic E-state index is 2.72. The number of hydrogen-bond acceptors (Lipinski definition) is 1. The van der Waals surface area contributed by atoms with Crippen molar-refractivity contribution in [1.29, 1.82) is 0 Å². The summed E-state index contributed by atoms with van der Waals surface area (Å²) in [6, 6.07) is 47.0. The summed E-state index contributed by atoms with van der Waals surface area (Å²) in [4.78, 5) is 2.66. The Hall–Kier alpha value is -4.88. The van der Waals surface area contributed by atoms with Crippen molar-refractivity contribution in [2.24, 2.45) is 29.1 Å². The van der Waals surface area contributed by atoms with Crippen LogP contribution in [0.3, 0.4) is 0 Å². The summed E-state index contributed by atoms with van der Waals surface area (Å²) in [5, 5.41) is 0. The van der Waals surface area contributed by atoms with Gasteiger partial charge in [0, 0.05) is 27.9 Å². The smallest absolute Gasteiger partial charge is 0.0465 e. The molecule has 1 heteroatoms. The van der Waals surface area contributed by atoms with Crippen LogP contribution in [0.5, 0.6) is 0 Å². The molecule has 0 saturated heterocycles. The van der Waals surface area contributed by atoms with Crippen LogP contribution in [0.1, 0.15) is 166 Å². The van der Waals surface area contributed by atoms with Crippen molar-refractivity contribution in [3.05, 3.63) is 160 Å². The molecule has 0 amide bonds. The van der Waals surface area contributed by atoms with Crippen LogP contribution in [-0.2, 0) is 32.5 Å². The third-order valence-electron chi connectivity index (χ3n) is 19.9. The summed E-state index contributed by atoms with van der Waals surface area (Å²) >= 11 is 0. The fourth-order valence-electron chi connectivity index (χ4n) is 16.3. The Morgan fingerprint density at radius 3 is 1.64 bits per heavy atom. The number of hydrogen-bond donors (Lipinski definition) is 0. The van der Waals surface area contributed by atoms with Gasteiger partial charge in [0.2, 0.25) is 0 Å². The topological polar surface area (TPSA) is 3.24 Å². The second-order valence-corrected chi connectivity index (χ2v) is 26.6. The first-order valence-corrected chi connectivity index (χ1v) is 25.8. The molecule has 6 unspecified atom stereocenters. The van der Waals surface area contributed by atoms with E-state index in [2.05, 4.69) is 203 Å². The van der Waals surface area contributed by atoms with Crippen molar-refractivity contribution in [1.82, 2.24) is 0 Å². The highest BCUT2D eigenvalue weighted by molar-refractivity contribution is 5.91. The minimum Gasteiger partial charge on any atom is -0.310 e. The van der Waals surface area contributed by atoms with Crippen LogP contribution >= 0.6 is 0 Å². The Morgan fingerprint density at radius 2 is 0.985 bits per heavy atom. The van der Waals surface area contributed by atoms with Crippen molar-refractivity contribution < 1.29 is 0 Å². The van der Waals surface area contributed by atoms with Crippen LogP contribution in [0.15, 0.2) is 115 Å². The van der Waals surface area contributed by atoms with Gasteiger partial charge in [0.05, 0.1) is 0 Å². The number of fused-ring (bicyclic) bond motifs is 12. The van der Waals surface area contributed by atoms with E-state index in [4.69, 9.17) is 0 Å². The SMILES string of the molecule is CC(C)(C)c1cc(-c2ccc3c(c2)C2(c4cc(N(c5ccc6c(c5)C(C)(C)CCC6(C)C)c5ccc6c(c5)C(C)(C)c5ccccc5-6)ccc4-3)C3CC4CC5CC2C53C4)cc(C(C)(C)C)c1. The van der Waals surface area contributed by atoms with Crippen molar-refractivity contribution in [2.75, 3.05) is 4.90 Å². The normalized spacial score (nSPS) is 28.1. The second-order valence-electron chi connectivity index (χ2n) is 26.6. The average molecular weight is 866 g/mol. The number of rotatable bonds is 4. The van der Waals surface area contributed by atoms with Gasteiger partial charge in [-0.2, -0.15) is 0 Å². The maximum Gasteiger partial charge on any atom is 0.0465 e. The number of benzene rings is 6. The molecule has 1 nitrogen and oxygen atoms in total. The lowest BCUT2D eigenvalue weighted by molar-refractivity contribution is -0.231. The minimum absolute atomic E-state index is 0.0615. The molecule has 0 aromatic heterocycles. The van der Waals surface area contributed by atoms with Crippen molar-refractivity contribution in [2.45, 2.75) is 154 Å². The zero-order chi connectivity index (χ0) is 45.9. The van der Waals surface area contributed by atoms with Crippen LogP contribution in [0, 0.1) is 29.1 Å². The van der Waals surface area contributed by atoms with Crippen molar-refractivity contribution >= 4 is 17.1 Å². The van der Waals surface area contributed by atoms with Gasteiger partial charge in [-0.25, -0.2) is 0 Å². The molecule has 0 radical (unpaired) electrons. The zero-order valence-electron chi connectivity index (χ0n) is 42.0. The van der Waals surface area contributed by atoms with E-state index in [1.165, 1.54) is 122 Å². The summed E-state index contributed by atoms with van der Waals surface area (Å²) in [5.74, 6) is 3.29. The largest absolute Gasteiger partial charge is 0.310 e. The van der Waals surface area contributed by atoms with Crippen LogP contribution in [-0.4, -0.2) is 0 Å². The van der Waals surface area contributed by atoms with Gasteiger partial charge >= 0.3 is 0 Å². The molecule has 7 aliphatic rings. The summed E-state index contributed by atoms with van der Waals surface area (Å²) < 4.78 is 0. The zero-order valence-corrected chi connectivity index (χ0v) is 42.0. The Labute approximate surface area is 396 Å². The molecule has 6 aromatic carbocycles. The summed E-state index contributed by atoms with van der Waals surface area (Å²) in [6.07, 6.45) is 8.17. The Morgan fingerprint density at radius 1 is 0.455 bits per heavy atom. The highest BCUT2D eigenvalue weighted by atomic mass is 15.1. The van der Waals surface area contributed by atoms with Gasteiger partial charge in [0.1, 0.15) is 0 Å². The van der Waals surface area contributed by atoms with Gasteiger partial charge in [0.25, 0.3) is 0 Å². The molecule has 7 aliphatic carbocycles. The van der Waals surface area contributed by atoms with E-state index in [-0.39, 0.29) is 32.5 Å².